The number of hydrogen-bond donors (Lipinski definition) is 3. The van der Waals surface area contributed by atoms with Crippen molar-refractivity contribution in [3.05, 3.63) is 35.7 Å². The minimum Gasteiger partial charge on any atom is -0.395 e. The summed E-state index contributed by atoms with van der Waals surface area (Å²) >= 11 is 0. The highest BCUT2D eigenvalue weighted by atomic mass is 32.2. The van der Waals surface area contributed by atoms with Crippen molar-refractivity contribution in [2.45, 2.75) is 17.9 Å². The van der Waals surface area contributed by atoms with Gasteiger partial charge < -0.3 is 5.11 Å². The molecule has 1 aromatic heterocycles. The van der Waals surface area contributed by atoms with E-state index in [2.05, 4.69) is 37.2 Å². The summed E-state index contributed by atoms with van der Waals surface area (Å²) in [6, 6.07) is 6.23. The summed E-state index contributed by atoms with van der Waals surface area (Å²) in [6.45, 7) is -0.0868. The highest BCUT2D eigenvalue weighted by Crippen LogP contribution is 2.11. The maximum Gasteiger partial charge on any atom is 0.241 e. The molecule has 0 aliphatic carbocycles. The smallest absolute Gasteiger partial charge is 0.241 e. The van der Waals surface area contributed by atoms with Gasteiger partial charge in [-0.3, -0.25) is 0 Å². The highest BCUT2D eigenvalue weighted by molar-refractivity contribution is 7.89. The van der Waals surface area contributed by atoms with Crippen molar-refractivity contribution in [1.29, 1.82) is 0 Å². The number of H-pyrrole nitrogens is 1. The Labute approximate surface area is 121 Å². The van der Waals surface area contributed by atoms with Crippen molar-refractivity contribution < 1.29 is 13.5 Å². The zero-order valence-corrected chi connectivity index (χ0v) is 11.8. The van der Waals surface area contributed by atoms with E-state index in [1.165, 1.54) is 12.1 Å². The van der Waals surface area contributed by atoms with Gasteiger partial charge in [0, 0.05) is 12.0 Å². The SMILES string of the molecule is O=S(=O)(NCc1nn[nH]n1)c1cccc(C#CCCO)c1. The van der Waals surface area contributed by atoms with Gasteiger partial charge in [0.05, 0.1) is 18.0 Å². The van der Waals surface area contributed by atoms with Gasteiger partial charge in [0.1, 0.15) is 0 Å². The molecule has 1 heterocycles. The zero-order chi connectivity index (χ0) is 15.1. The summed E-state index contributed by atoms with van der Waals surface area (Å²) in [5, 5.41) is 21.6. The summed E-state index contributed by atoms with van der Waals surface area (Å²) in [6.07, 6.45) is 0.340. The first-order chi connectivity index (χ1) is 10.1. The average molecular weight is 307 g/mol. The molecule has 0 atom stereocenters. The summed E-state index contributed by atoms with van der Waals surface area (Å²) in [5.74, 6) is 5.77. The van der Waals surface area contributed by atoms with Crippen LogP contribution in [0.2, 0.25) is 0 Å². The van der Waals surface area contributed by atoms with Crippen LogP contribution in [0.25, 0.3) is 0 Å². The predicted molar refractivity (Wildman–Crippen MR) is 73.2 cm³/mol. The van der Waals surface area contributed by atoms with E-state index in [-0.39, 0.29) is 23.9 Å². The van der Waals surface area contributed by atoms with Gasteiger partial charge in [-0.15, -0.1) is 10.2 Å². The third kappa shape index (κ3) is 4.35. The van der Waals surface area contributed by atoms with Crippen LogP contribution in [0.1, 0.15) is 17.8 Å². The van der Waals surface area contributed by atoms with Crippen molar-refractivity contribution in [2.24, 2.45) is 0 Å². The van der Waals surface area contributed by atoms with Gasteiger partial charge in [0.25, 0.3) is 0 Å². The lowest BCUT2D eigenvalue weighted by Crippen LogP contribution is -2.23. The molecule has 2 aromatic rings. The van der Waals surface area contributed by atoms with Crippen LogP contribution in [-0.2, 0) is 16.6 Å². The molecule has 0 saturated carbocycles. The van der Waals surface area contributed by atoms with Crippen LogP contribution < -0.4 is 4.72 Å². The molecule has 2 rings (SSSR count). The van der Waals surface area contributed by atoms with Gasteiger partial charge in [0.15, 0.2) is 5.82 Å². The minimum absolute atomic E-state index is 0.0305. The molecule has 0 bridgehead atoms. The number of nitrogens with zero attached hydrogens (tertiary/aromatic N) is 3. The summed E-state index contributed by atoms with van der Waals surface area (Å²) in [7, 11) is -3.68. The molecule has 0 unspecified atom stereocenters. The number of aliphatic hydroxyl groups excluding tert-OH is 1. The number of sulfonamides is 1. The Bertz CT molecular complexity index is 747. The van der Waals surface area contributed by atoms with Gasteiger partial charge in [-0.1, -0.05) is 23.1 Å². The first kappa shape index (κ1) is 15.1. The van der Waals surface area contributed by atoms with Crippen LogP contribution in [0.5, 0.6) is 0 Å². The predicted octanol–water partition coefficient (Wildman–Crippen LogP) is -0.588. The molecule has 0 aliphatic heterocycles. The van der Waals surface area contributed by atoms with Crippen molar-refractivity contribution in [3.63, 3.8) is 0 Å². The number of aromatic amines is 1. The van der Waals surface area contributed by atoms with Gasteiger partial charge in [0.2, 0.25) is 10.0 Å². The van der Waals surface area contributed by atoms with Crippen LogP contribution in [0.3, 0.4) is 0 Å². The molecule has 110 valence electrons. The van der Waals surface area contributed by atoms with Gasteiger partial charge in [-0.2, -0.15) is 5.21 Å². The van der Waals surface area contributed by atoms with Crippen LogP contribution in [0, 0.1) is 11.8 Å². The fraction of sp³-hybridized carbons (Fsp3) is 0.250. The molecule has 3 N–H and O–H groups in total. The summed E-state index contributed by atoms with van der Waals surface area (Å²) in [5.41, 5.74) is 0.561. The van der Waals surface area contributed by atoms with Crippen molar-refractivity contribution >= 4 is 10.0 Å². The Kier molecular flexibility index (Phi) is 4.99. The minimum atomic E-state index is -3.68. The zero-order valence-electron chi connectivity index (χ0n) is 10.9. The Morgan fingerprint density at radius 1 is 1.38 bits per heavy atom. The van der Waals surface area contributed by atoms with Crippen LogP contribution in [0.15, 0.2) is 29.2 Å². The van der Waals surface area contributed by atoms with E-state index in [9.17, 15) is 8.42 Å². The summed E-state index contributed by atoms with van der Waals surface area (Å²) < 4.78 is 26.6. The third-order valence-corrected chi connectivity index (χ3v) is 3.82. The number of tetrazole rings is 1. The second-order valence-electron chi connectivity index (χ2n) is 3.96. The van der Waals surface area contributed by atoms with E-state index in [0.29, 0.717) is 12.0 Å². The second-order valence-corrected chi connectivity index (χ2v) is 5.72. The molecule has 0 radical (unpaired) electrons. The van der Waals surface area contributed by atoms with Gasteiger partial charge in [-0.25, -0.2) is 13.1 Å². The number of benzene rings is 1. The Balaban J connectivity index is 2.12. The first-order valence-corrected chi connectivity index (χ1v) is 7.52. The monoisotopic (exact) mass is 307 g/mol. The number of rotatable bonds is 5. The quantitative estimate of drug-likeness (QED) is 0.635. The molecule has 21 heavy (non-hydrogen) atoms. The van der Waals surface area contributed by atoms with E-state index in [0.717, 1.165) is 0 Å². The van der Waals surface area contributed by atoms with Crippen LogP contribution in [0.4, 0.5) is 0 Å². The van der Waals surface area contributed by atoms with E-state index in [1.807, 2.05) is 0 Å². The second kappa shape index (κ2) is 6.94. The molecule has 0 saturated heterocycles. The normalized spacial score (nSPS) is 10.9. The molecule has 8 nitrogen and oxygen atoms in total. The molecule has 9 heteroatoms. The van der Waals surface area contributed by atoms with Crippen molar-refractivity contribution in [1.82, 2.24) is 25.3 Å². The lowest BCUT2D eigenvalue weighted by molar-refractivity contribution is 0.305. The first-order valence-electron chi connectivity index (χ1n) is 6.03. The highest BCUT2D eigenvalue weighted by Gasteiger charge is 2.14. The van der Waals surface area contributed by atoms with Crippen molar-refractivity contribution in [3.8, 4) is 11.8 Å². The maximum absolute atomic E-state index is 12.1. The van der Waals surface area contributed by atoms with E-state index < -0.39 is 10.0 Å². The number of aromatic nitrogens is 4. The topological polar surface area (TPSA) is 121 Å². The Hall–Kier alpha value is -2.28. The van der Waals surface area contributed by atoms with E-state index >= 15 is 0 Å². The molecule has 0 spiro atoms. The lowest BCUT2D eigenvalue weighted by Gasteiger charge is -2.05. The molecule has 1 aromatic carbocycles. The summed E-state index contributed by atoms with van der Waals surface area (Å²) in [4.78, 5) is 0.0989. The van der Waals surface area contributed by atoms with E-state index in [4.69, 9.17) is 5.11 Å². The largest absolute Gasteiger partial charge is 0.395 e. The molecule has 0 fully saturated rings. The third-order valence-electron chi connectivity index (χ3n) is 2.42. The maximum atomic E-state index is 12.1. The standard InChI is InChI=1S/C12H13N5O3S/c18-7-2-1-4-10-5-3-6-11(8-10)21(19,20)13-9-12-14-16-17-15-12/h3,5-6,8,13,18H,2,7,9H2,(H,14,15,16,17). The number of aliphatic hydroxyl groups is 1. The Morgan fingerprint density at radius 3 is 2.95 bits per heavy atom. The van der Waals surface area contributed by atoms with Crippen LogP contribution in [-0.4, -0.2) is 40.8 Å². The fourth-order valence-electron chi connectivity index (χ4n) is 1.46. The number of nitrogens with one attached hydrogen (secondary N) is 2. The molecule has 0 amide bonds. The number of hydrogen-bond acceptors (Lipinski definition) is 6. The average Bonchev–Trinajstić information content (AvgIpc) is 2.99. The molecular weight excluding hydrogens is 294 g/mol. The van der Waals surface area contributed by atoms with Gasteiger partial charge >= 0.3 is 0 Å². The molecule has 0 aliphatic rings. The lowest BCUT2D eigenvalue weighted by atomic mass is 10.2. The van der Waals surface area contributed by atoms with Crippen molar-refractivity contribution in [2.75, 3.05) is 6.61 Å². The van der Waals surface area contributed by atoms with Gasteiger partial charge in [-0.05, 0) is 18.2 Å². The fourth-order valence-corrected chi connectivity index (χ4v) is 2.49. The molecular formula is C12H13N5O3S. The van der Waals surface area contributed by atoms with E-state index in [1.54, 1.807) is 12.1 Å². The Morgan fingerprint density at radius 2 is 2.24 bits per heavy atom. The van der Waals surface area contributed by atoms with Crippen LogP contribution >= 0.6 is 0 Å².